The van der Waals surface area contributed by atoms with Crippen LogP contribution in [-0.4, -0.2) is 33.5 Å². The molecule has 0 bridgehead atoms. The van der Waals surface area contributed by atoms with Crippen LogP contribution in [0.3, 0.4) is 0 Å². The Kier molecular flexibility index (Phi) is 6.62. The maximum absolute atomic E-state index is 12.3. The molecule has 1 heterocycles. The van der Waals surface area contributed by atoms with Gasteiger partial charge in [0.25, 0.3) is 0 Å². The maximum Gasteiger partial charge on any atom is 0.345 e. The number of carbonyl (C=O) groups is 1. The highest BCUT2D eigenvalue weighted by Gasteiger charge is 2.11. The Morgan fingerprint density at radius 2 is 1.61 bits per heavy atom. The summed E-state index contributed by atoms with van der Waals surface area (Å²) in [6.07, 6.45) is 1.80. The van der Waals surface area contributed by atoms with Gasteiger partial charge in [0.1, 0.15) is 0 Å². The third-order valence-corrected chi connectivity index (χ3v) is 4.45. The van der Waals surface area contributed by atoms with Crippen molar-refractivity contribution in [1.29, 1.82) is 0 Å². The summed E-state index contributed by atoms with van der Waals surface area (Å²) in [7, 11) is 1.70. The molecule has 3 rings (SSSR count). The normalized spacial score (nSPS) is 10.6. The Morgan fingerprint density at radius 3 is 2.32 bits per heavy atom. The van der Waals surface area contributed by atoms with Crippen molar-refractivity contribution in [3.63, 3.8) is 0 Å². The average molecular weight is 379 g/mol. The van der Waals surface area contributed by atoms with E-state index in [0.29, 0.717) is 25.5 Å². The largest absolute Gasteiger partial charge is 0.345 e. The molecule has 7 nitrogen and oxygen atoms in total. The SMILES string of the molecule is Cn1c(-c2ccccc2)nn(CCNC(=O)NCCCc2ccccc2)c1=O. The van der Waals surface area contributed by atoms with Crippen molar-refractivity contribution in [1.82, 2.24) is 25.0 Å². The van der Waals surface area contributed by atoms with Gasteiger partial charge in [0.15, 0.2) is 5.82 Å². The van der Waals surface area contributed by atoms with Gasteiger partial charge in [-0.1, -0.05) is 60.7 Å². The number of aromatic nitrogens is 3. The van der Waals surface area contributed by atoms with Crippen molar-refractivity contribution in [2.75, 3.05) is 13.1 Å². The highest BCUT2D eigenvalue weighted by molar-refractivity contribution is 5.73. The zero-order valence-corrected chi connectivity index (χ0v) is 16.0. The highest BCUT2D eigenvalue weighted by Crippen LogP contribution is 2.13. The molecule has 0 atom stereocenters. The lowest BCUT2D eigenvalue weighted by molar-refractivity contribution is 0.240. The number of rotatable bonds is 8. The fourth-order valence-electron chi connectivity index (χ4n) is 2.95. The quantitative estimate of drug-likeness (QED) is 0.589. The molecule has 0 aliphatic carbocycles. The third kappa shape index (κ3) is 5.09. The van der Waals surface area contributed by atoms with Crippen LogP contribution in [0.1, 0.15) is 12.0 Å². The number of nitrogens with one attached hydrogen (secondary N) is 2. The van der Waals surface area contributed by atoms with Gasteiger partial charge in [-0.05, 0) is 18.4 Å². The molecule has 146 valence electrons. The summed E-state index contributed by atoms with van der Waals surface area (Å²) in [6, 6.07) is 19.5. The first-order valence-corrected chi connectivity index (χ1v) is 9.40. The van der Waals surface area contributed by atoms with Crippen LogP contribution in [0.5, 0.6) is 0 Å². The summed E-state index contributed by atoms with van der Waals surface area (Å²) in [5.74, 6) is 0.607. The van der Waals surface area contributed by atoms with Crippen molar-refractivity contribution < 1.29 is 4.79 Å². The van der Waals surface area contributed by atoms with E-state index in [4.69, 9.17) is 0 Å². The van der Waals surface area contributed by atoms with E-state index in [0.717, 1.165) is 18.4 Å². The average Bonchev–Trinajstić information content (AvgIpc) is 3.01. The third-order valence-electron chi connectivity index (χ3n) is 4.45. The summed E-state index contributed by atoms with van der Waals surface area (Å²) in [5.41, 5.74) is 1.93. The second-order valence-electron chi connectivity index (χ2n) is 6.53. The molecule has 2 amide bonds. The molecule has 0 saturated carbocycles. The monoisotopic (exact) mass is 379 g/mol. The summed E-state index contributed by atoms with van der Waals surface area (Å²) in [5, 5.41) is 9.98. The number of nitrogens with zero attached hydrogens (tertiary/aromatic N) is 3. The summed E-state index contributed by atoms with van der Waals surface area (Å²) in [4.78, 5) is 24.2. The lowest BCUT2D eigenvalue weighted by Gasteiger charge is -2.07. The van der Waals surface area contributed by atoms with Crippen LogP contribution in [0.2, 0.25) is 0 Å². The lowest BCUT2D eigenvalue weighted by atomic mass is 10.1. The molecule has 3 aromatic rings. The van der Waals surface area contributed by atoms with E-state index in [-0.39, 0.29) is 11.7 Å². The molecule has 0 fully saturated rings. The molecule has 0 saturated heterocycles. The lowest BCUT2D eigenvalue weighted by Crippen LogP contribution is -2.39. The molecule has 2 N–H and O–H groups in total. The van der Waals surface area contributed by atoms with E-state index in [9.17, 15) is 9.59 Å². The van der Waals surface area contributed by atoms with Gasteiger partial charge in [0, 0.05) is 25.7 Å². The zero-order valence-electron chi connectivity index (χ0n) is 16.0. The Bertz CT molecular complexity index is 948. The smallest absolute Gasteiger partial charge is 0.338 e. The molecule has 0 unspecified atom stereocenters. The topological polar surface area (TPSA) is 81.0 Å². The fourth-order valence-corrected chi connectivity index (χ4v) is 2.95. The molecule has 2 aromatic carbocycles. The molecule has 0 spiro atoms. The van der Waals surface area contributed by atoms with E-state index < -0.39 is 0 Å². The van der Waals surface area contributed by atoms with E-state index in [1.807, 2.05) is 48.5 Å². The van der Waals surface area contributed by atoms with Crippen LogP contribution in [0.15, 0.2) is 65.5 Å². The van der Waals surface area contributed by atoms with E-state index >= 15 is 0 Å². The molecular weight excluding hydrogens is 354 g/mol. The van der Waals surface area contributed by atoms with Crippen LogP contribution >= 0.6 is 0 Å². The minimum absolute atomic E-state index is 0.205. The minimum Gasteiger partial charge on any atom is -0.338 e. The van der Waals surface area contributed by atoms with Gasteiger partial charge >= 0.3 is 11.7 Å². The van der Waals surface area contributed by atoms with Gasteiger partial charge in [-0.3, -0.25) is 4.57 Å². The number of benzene rings is 2. The Balaban J connectivity index is 1.42. The highest BCUT2D eigenvalue weighted by atomic mass is 16.2. The number of aryl methyl sites for hydroxylation is 1. The molecule has 7 heteroatoms. The minimum atomic E-state index is -0.236. The van der Waals surface area contributed by atoms with Crippen LogP contribution < -0.4 is 16.3 Å². The Hall–Kier alpha value is -3.35. The van der Waals surface area contributed by atoms with Gasteiger partial charge in [0.2, 0.25) is 0 Å². The summed E-state index contributed by atoms with van der Waals surface area (Å²) >= 11 is 0. The van der Waals surface area contributed by atoms with E-state index in [1.54, 1.807) is 7.05 Å². The summed E-state index contributed by atoms with van der Waals surface area (Å²) in [6.45, 7) is 1.25. The van der Waals surface area contributed by atoms with Crippen molar-refractivity contribution in [3.8, 4) is 11.4 Å². The first-order valence-electron chi connectivity index (χ1n) is 9.40. The van der Waals surface area contributed by atoms with Gasteiger partial charge in [-0.2, -0.15) is 0 Å². The molecule has 1 aromatic heterocycles. The standard InChI is InChI=1S/C21H25N5O2/c1-25-19(18-12-6-3-7-13-18)24-26(21(25)28)16-15-23-20(27)22-14-8-11-17-9-4-2-5-10-17/h2-7,9-10,12-13H,8,11,14-16H2,1H3,(H2,22,23,27). The van der Waals surface area contributed by atoms with Crippen LogP contribution in [0, 0.1) is 0 Å². The Morgan fingerprint density at radius 1 is 0.964 bits per heavy atom. The molecular formula is C21H25N5O2. The van der Waals surface area contributed by atoms with Crippen molar-refractivity contribution >= 4 is 6.03 Å². The van der Waals surface area contributed by atoms with Crippen molar-refractivity contribution in [3.05, 3.63) is 76.7 Å². The zero-order chi connectivity index (χ0) is 19.8. The first-order chi connectivity index (χ1) is 13.6. The van der Waals surface area contributed by atoms with Crippen molar-refractivity contribution in [2.24, 2.45) is 7.05 Å². The number of hydrogen-bond donors (Lipinski definition) is 2. The number of urea groups is 1. The molecule has 0 aliphatic rings. The fraction of sp³-hybridized carbons (Fsp3) is 0.286. The number of amides is 2. The Labute approximate surface area is 164 Å². The molecule has 0 radical (unpaired) electrons. The predicted octanol–water partition coefficient (Wildman–Crippen LogP) is 2.18. The first kappa shape index (κ1) is 19.4. The van der Waals surface area contributed by atoms with Gasteiger partial charge in [0.05, 0.1) is 6.54 Å². The molecule has 28 heavy (non-hydrogen) atoms. The van der Waals surface area contributed by atoms with Crippen molar-refractivity contribution in [2.45, 2.75) is 19.4 Å². The molecule has 0 aliphatic heterocycles. The summed E-state index contributed by atoms with van der Waals surface area (Å²) < 4.78 is 2.89. The van der Waals surface area contributed by atoms with E-state index in [1.165, 1.54) is 14.8 Å². The van der Waals surface area contributed by atoms with Crippen LogP contribution in [0.25, 0.3) is 11.4 Å². The number of carbonyl (C=O) groups excluding carboxylic acids is 1. The number of hydrogen-bond acceptors (Lipinski definition) is 3. The van der Waals surface area contributed by atoms with E-state index in [2.05, 4.69) is 27.9 Å². The van der Waals surface area contributed by atoms with Gasteiger partial charge < -0.3 is 10.6 Å². The predicted molar refractivity (Wildman–Crippen MR) is 109 cm³/mol. The second kappa shape index (κ2) is 9.55. The maximum atomic E-state index is 12.3. The second-order valence-corrected chi connectivity index (χ2v) is 6.53. The van der Waals surface area contributed by atoms with Crippen LogP contribution in [0.4, 0.5) is 4.79 Å². The van der Waals surface area contributed by atoms with Gasteiger partial charge in [-0.25, -0.2) is 14.3 Å². The van der Waals surface area contributed by atoms with Crippen LogP contribution in [-0.2, 0) is 20.0 Å². The van der Waals surface area contributed by atoms with Gasteiger partial charge in [-0.15, -0.1) is 5.10 Å².